The number of rotatable bonds is 13. The number of piperidine rings is 1. The fraction of sp³-hybridized carbons (Fsp3) is 0.606. The quantitative estimate of drug-likeness (QED) is 0.206. The van der Waals surface area contributed by atoms with Crippen molar-refractivity contribution in [1.29, 1.82) is 0 Å². The number of amides is 5. The number of fused-ring (bicyclic) bond motifs is 2. The van der Waals surface area contributed by atoms with Crippen LogP contribution in [0.5, 0.6) is 0 Å². The van der Waals surface area contributed by atoms with Crippen LogP contribution in [0, 0.1) is 23.2 Å². The first-order valence-electron chi connectivity index (χ1n) is 15.6. The summed E-state index contributed by atoms with van der Waals surface area (Å²) < 4.78 is 0. The molecule has 1 heterocycles. The van der Waals surface area contributed by atoms with E-state index in [0.717, 1.165) is 17.5 Å². The van der Waals surface area contributed by atoms with Gasteiger partial charge in [-0.05, 0) is 66.9 Å². The van der Waals surface area contributed by atoms with Gasteiger partial charge in [-0.1, -0.05) is 64.5 Å². The summed E-state index contributed by atoms with van der Waals surface area (Å²) in [5.41, 5.74) is 2.17. The Kier molecular flexibility index (Phi) is 9.97. The molecule has 0 spiro atoms. The number of Topliss-reactive ketones (excluding diaryl/α,β-unsaturated/α-hetero) is 1. The van der Waals surface area contributed by atoms with Crippen LogP contribution in [0.4, 0.5) is 4.79 Å². The highest BCUT2D eigenvalue weighted by molar-refractivity contribution is 6.38. The molecule has 1 aromatic carbocycles. The molecule has 0 bridgehead atoms. The molecule has 5 amide bonds. The normalized spacial score (nSPS) is 23.7. The average Bonchev–Trinajstić information content (AvgIpc) is 3.35. The third-order valence-corrected chi connectivity index (χ3v) is 9.70. The van der Waals surface area contributed by atoms with Gasteiger partial charge in [0.1, 0.15) is 12.1 Å². The zero-order valence-corrected chi connectivity index (χ0v) is 26.1. The van der Waals surface area contributed by atoms with Crippen LogP contribution in [0.1, 0.15) is 65.0 Å². The molecule has 3 aliphatic rings. The number of carbonyl (C=O) groups is 5. The summed E-state index contributed by atoms with van der Waals surface area (Å²) in [5.74, 6) is -2.35. The van der Waals surface area contributed by atoms with E-state index in [-0.39, 0.29) is 41.7 Å². The molecule has 2 aliphatic carbocycles. The number of urea groups is 1. The van der Waals surface area contributed by atoms with Crippen LogP contribution in [0.3, 0.4) is 0 Å². The van der Waals surface area contributed by atoms with Crippen molar-refractivity contribution in [1.82, 2.24) is 26.2 Å². The highest BCUT2D eigenvalue weighted by atomic mass is 16.2. The lowest BCUT2D eigenvalue weighted by atomic mass is 9.93. The molecule has 10 heteroatoms. The molecule has 0 aromatic heterocycles. The van der Waals surface area contributed by atoms with E-state index in [2.05, 4.69) is 53.8 Å². The lowest BCUT2D eigenvalue weighted by Crippen LogP contribution is -2.60. The van der Waals surface area contributed by atoms with Gasteiger partial charge in [0.05, 0.1) is 6.04 Å². The van der Waals surface area contributed by atoms with Gasteiger partial charge in [0.25, 0.3) is 5.91 Å². The highest BCUT2D eigenvalue weighted by Crippen LogP contribution is 2.65. The Morgan fingerprint density at radius 3 is 2.28 bits per heavy atom. The van der Waals surface area contributed by atoms with E-state index >= 15 is 0 Å². The van der Waals surface area contributed by atoms with Gasteiger partial charge in [-0.2, -0.15) is 0 Å². The van der Waals surface area contributed by atoms with Gasteiger partial charge in [0, 0.05) is 19.1 Å². The number of benzene rings is 1. The third-order valence-electron chi connectivity index (χ3n) is 9.70. The molecule has 10 nitrogen and oxygen atoms in total. The van der Waals surface area contributed by atoms with Crippen molar-refractivity contribution in [3.05, 3.63) is 48.0 Å². The van der Waals surface area contributed by atoms with Gasteiger partial charge in [0.15, 0.2) is 0 Å². The van der Waals surface area contributed by atoms with Crippen molar-refractivity contribution in [3.8, 4) is 0 Å². The molecule has 43 heavy (non-hydrogen) atoms. The summed E-state index contributed by atoms with van der Waals surface area (Å²) in [6, 6.07) is 4.95. The topological polar surface area (TPSA) is 137 Å². The maximum Gasteiger partial charge on any atom is 0.315 e. The summed E-state index contributed by atoms with van der Waals surface area (Å²) in [7, 11) is 0. The zero-order chi connectivity index (χ0) is 31.5. The van der Waals surface area contributed by atoms with E-state index in [1.807, 2.05) is 32.9 Å². The first-order valence-corrected chi connectivity index (χ1v) is 15.6. The Bertz CT molecular complexity index is 1240. The van der Waals surface area contributed by atoms with Crippen molar-refractivity contribution in [2.75, 3.05) is 13.1 Å². The Morgan fingerprint density at radius 2 is 1.70 bits per heavy atom. The van der Waals surface area contributed by atoms with Crippen molar-refractivity contribution >= 4 is 29.5 Å². The third kappa shape index (κ3) is 6.78. The largest absolute Gasteiger partial charge is 0.346 e. The van der Waals surface area contributed by atoms with Crippen molar-refractivity contribution in [3.63, 3.8) is 0 Å². The Labute approximate surface area is 254 Å². The minimum atomic E-state index is -1.00. The van der Waals surface area contributed by atoms with E-state index in [0.29, 0.717) is 32.2 Å². The number of nitrogens with one attached hydrogen (secondary N) is 4. The molecular weight excluding hydrogens is 546 g/mol. The van der Waals surface area contributed by atoms with E-state index in [9.17, 15) is 24.0 Å². The molecule has 0 radical (unpaired) electrons. The molecule has 4 N–H and O–H groups in total. The van der Waals surface area contributed by atoms with Gasteiger partial charge in [0.2, 0.25) is 17.6 Å². The molecule has 234 valence electrons. The maximum absolute atomic E-state index is 14.4. The summed E-state index contributed by atoms with van der Waals surface area (Å²) in [4.78, 5) is 68.4. The van der Waals surface area contributed by atoms with Crippen LogP contribution in [-0.2, 0) is 32.0 Å². The minimum Gasteiger partial charge on any atom is -0.346 e. The van der Waals surface area contributed by atoms with Crippen molar-refractivity contribution in [2.45, 2.75) is 90.9 Å². The summed E-state index contributed by atoms with van der Waals surface area (Å²) in [6.45, 7) is 14.0. The Hall–Kier alpha value is -3.69. The smallest absolute Gasteiger partial charge is 0.315 e. The van der Waals surface area contributed by atoms with Crippen LogP contribution >= 0.6 is 0 Å². The second-order valence-corrected chi connectivity index (χ2v) is 12.9. The van der Waals surface area contributed by atoms with E-state index < -0.39 is 41.8 Å². The molecule has 1 aliphatic heterocycles. The number of hydrogen-bond acceptors (Lipinski definition) is 5. The monoisotopic (exact) mass is 593 g/mol. The zero-order valence-electron chi connectivity index (χ0n) is 26.1. The van der Waals surface area contributed by atoms with Gasteiger partial charge in [-0.3, -0.25) is 19.2 Å². The standard InChI is InChI=1S/C33H47N5O5/c1-7-12-24(28(39)30(41)34-15-8-2)36-29(40)27-25-23(33(25,5)6)18-38(27)31(42)26(37-32(43)35-19(4)9-3)22-16-20-13-10-11-14-21(20)17-22/h8,10-11,13-14,19,22-27H,2,7,9,12,15-18H2,1,3-6H3,(H,34,41)(H,36,40)(H2,35,37,43)/t19?,23-,24?,25-,26-,27-/m0/s1. The highest BCUT2D eigenvalue weighted by Gasteiger charge is 2.69. The Balaban J connectivity index is 1.58. The number of carbonyl (C=O) groups excluding carboxylic acids is 5. The van der Waals surface area contributed by atoms with Crippen LogP contribution < -0.4 is 21.3 Å². The number of hydrogen-bond donors (Lipinski definition) is 4. The molecule has 1 saturated carbocycles. The molecular formula is C33H47N5O5. The van der Waals surface area contributed by atoms with Crippen LogP contribution in [0.15, 0.2) is 36.9 Å². The Morgan fingerprint density at radius 1 is 1.05 bits per heavy atom. The first kappa shape index (κ1) is 32.2. The fourth-order valence-electron chi connectivity index (χ4n) is 6.94. The predicted octanol–water partition coefficient (Wildman–Crippen LogP) is 2.51. The fourth-order valence-corrected chi connectivity index (χ4v) is 6.94. The van der Waals surface area contributed by atoms with Gasteiger partial charge in [-0.15, -0.1) is 6.58 Å². The molecule has 2 fully saturated rings. The summed E-state index contributed by atoms with van der Waals surface area (Å²) in [6.07, 6.45) is 4.39. The second-order valence-electron chi connectivity index (χ2n) is 12.9. The van der Waals surface area contributed by atoms with Gasteiger partial charge >= 0.3 is 6.03 Å². The van der Waals surface area contributed by atoms with Crippen LogP contribution in [0.2, 0.25) is 0 Å². The molecule has 6 atom stereocenters. The number of nitrogens with zero attached hydrogens (tertiary/aromatic N) is 1. The van der Waals surface area contributed by atoms with E-state index in [1.165, 1.54) is 6.08 Å². The van der Waals surface area contributed by atoms with E-state index in [1.54, 1.807) is 4.90 Å². The van der Waals surface area contributed by atoms with Crippen LogP contribution in [-0.4, -0.2) is 71.7 Å². The minimum absolute atomic E-state index is 0.0630. The summed E-state index contributed by atoms with van der Waals surface area (Å²) >= 11 is 0. The number of likely N-dealkylation sites (tertiary alicyclic amines) is 1. The summed E-state index contributed by atoms with van der Waals surface area (Å²) in [5, 5.41) is 11.2. The molecule has 1 aromatic rings. The molecule has 4 rings (SSSR count). The lowest BCUT2D eigenvalue weighted by molar-refractivity contribution is -0.144. The van der Waals surface area contributed by atoms with E-state index in [4.69, 9.17) is 0 Å². The molecule has 1 saturated heterocycles. The maximum atomic E-state index is 14.4. The van der Waals surface area contributed by atoms with Gasteiger partial charge < -0.3 is 26.2 Å². The lowest BCUT2D eigenvalue weighted by Gasteiger charge is -2.35. The SMILES string of the molecule is C=CCNC(=O)C(=O)C(CCC)NC(=O)[C@@H]1[C@@H]2[C@H](CN1C(=O)[C@@H](NC(=O)NC(C)CC)C1Cc3ccccc3C1)C2(C)C. The molecule has 2 unspecified atom stereocenters. The second kappa shape index (κ2) is 13.3. The van der Waals surface area contributed by atoms with Gasteiger partial charge in [-0.25, -0.2) is 4.79 Å². The first-order chi connectivity index (χ1) is 20.4. The average molecular weight is 594 g/mol. The van der Waals surface area contributed by atoms with Crippen molar-refractivity contribution < 1.29 is 24.0 Å². The van der Waals surface area contributed by atoms with Crippen LogP contribution in [0.25, 0.3) is 0 Å². The predicted molar refractivity (Wildman–Crippen MR) is 164 cm³/mol. The van der Waals surface area contributed by atoms with Crippen molar-refractivity contribution in [2.24, 2.45) is 23.2 Å². The number of ketones is 1.